The number of hydrogen-bond donors (Lipinski definition) is 1. The van der Waals surface area contributed by atoms with Crippen LogP contribution in [0.3, 0.4) is 0 Å². The van der Waals surface area contributed by atoms with Crippen LogP contribution in [0.25, 0.3) is 0 Å². The Morgan fingerprint density at radius 3 is 3.08 bits per heavy atom. The maximum Gasteiger partial charge on any atom is 0.311 e. The molecule has 1 aromatic heterocycles. The zero-order valence-corrected chi connectivity index (χ0v) is 15.2. The summed E-state index contributed by atoms with van der Waals surface area (Å²) in [7, 11) is 1.55. The first-order valence-corrected chi connectivity index (χ1v) is 8.61. The average molecular weight is 374 g/mol. The van der Waals surface area contributed by atoms with Crippen LogP contribution in [-0.2, 0) is 16.0 Å². The first-order chi connectivity index (χ1) is 12.7. The van der Waals surface area contributed by atoms with Gasteiger partial charge in [0, 0.05) is 17.0 Å². The Labute approximate surface area is 155 Å². The molecule has 0 saturated carbocycles. The van der Waals surface area contributed by atoms with E-state index >= 15 is 0 Å². The number of aromatic nitrogens is 1. The van der Waals surface area contributed by atoms with Crippen molar-refractivity contribution in [3.05, 3.63) is 34.8 Å². The number of nitrogens with zero attached hydrogens (tertiary/aromatic N) is 3. The lowest BCUT2D eigenvalue weighted by molar-refractivity contribution is -0.142. The lowest BCUT2D eigenvalue weighted by atomic mass is 10.2. The minimum Gasteiger partial charge on any atom is -0.497 e. The number of rotatable bonds is 9. The Kier molecular flexibility index (Phi) is 7.39. The lowest BCUT2D eigenvalue weighted by Crippen LogP contribution is -2.07. The first-order valence-electron chi connectivity index (χ1n) is 7.73. The van der Waals surface area contributed by atoms with E-state index in [0.717, 1.165) is 0 Å². The maximum absolute atomic E-state index is 11.4. The predicted molar refractivity (Wildman–Crippen MR) is 97.8 cm³/mol. The fourth-order valence-corrected chi connectivity index (χ4v) is 2.60. The molecular formula is C17H18N4O4S. The van der Waals surface area contributed by atoms with E-state index in [1.807, 2.05) is 6.07 Å². The van der Waals surface area contributed by atoms with Crippen LogP contribution in [0.15, 0.2) is 28.7 Å². The molecule has 0 amide bonds. The number of anilines is 1. The number of esters is 1. The number of ether oxygens (including phenoxy) is 3. The molecule has 0 aliphatic carbocycles. The Bertz CT molecular complexity index is 813. The zero-order chi connectivity index (χ0) is 18.8. The van der Waals surface area contributed by atoms with E-state index in [-0.39, 0.29) is 19.0 Å². The van der Waals surface area contributed by atoms with Gasteiger partial charge in [0.05, 0.1) is 32.0 Å². The molecule has 0 fully saturated rings. The largest absolute Gasteiger partial charge is 0.497 e. The van der Waals surface area contributed by atoms with Crippen molar-refractivity contribution in [3.8, 4) is 17.6 Å². The van der Waals surface area contributed by atoms with E-state index in [9.17, 15) is 4.79 Å². The SMILES string of the molecule is CCOC(=O)Cc1csc(NN=Cc2ccc(OC)cc2OCC#N)n1. The molecule has 26 heavy (non-hydrogen) atoms. The number of thiazole rings is 1. The molecule has 1 heterocycles. The highest BCUT2D eigenvalue weighted by Gasteiger charge is 2.08. The molecule has 0 spiro atoms. The van der Waals surface area contributed by atoms with E-state index in [0.29, 0.717) is 34.5 Å². The van der Waals surface area contributed by atoms with Gasteiger partial charge in [-0.05, 0) is 19.1 Å². The fraction of sp³-hybridized carbons (Fsp3) is 0.294. The van der Waals surface area contributed by atoms with Crippen LogP contribution in [-0.4, -0.2) is 37.5 Å². The molecule has 0 aliphatic heterocycles. The standard InChI is InChI=1S/C17H18N4O4S/c1-3-24-16(22)8-13-11-26-17(20-13)21-19-10-12-4-5-14(23-2)9-15(12)25-7-6-18/h4-5,9-11H,3,7-8H2,1-2H3,(H,20,21). The molecule has 8 nitrogen and oxygen atoms in total. The van der Waals surface area contributed by atoms with Crippen molar-refractivity contribution in [1.82, 2.24) is 4.98 Å². The van der Waals surface area contributed by atoms with E-state index in [1.165, 1.54) is 11.3 Å². The second-order valence-electron chi connectivity index (χ2n) is 4.85. The molecule has 0 bridgehead atoms. The summed E-state index contributed by atoms with van der Waals surface area (Å²) in [4.78, 5) is 15.7. The monoisotopic (exact) mass is 374 g/mol. The van der Waals surface area contributed by atoms with E-state index in [1.54, 1.807) is 43.8 Å². The topological polar surface area (TPSA) is 106 Å². The van der Waals surface area contributed by atoms with Gasteiger partial charge in [-0.15, -0.1) is 11.3 Å². The van der Waals surface area contributed by atoms with Gasteiger partial charge in [-0.25, -0.2) is 4.98 Å². The average Bonchev–Trinajstić information content (AvgIpc) is 3.08. The predicted octanol–water partition coefficient (Wildman–Crippen LogP) is 2.61. The number of nitriles is 1. The maximum atomic E-state index is 11.4. The van der Waals surface area contributed by atoms with E-state index in [2.05, 4.69) is 15.5 Å². The molecule has 0 saturated heterocycles. The Hall–Kier alpha value is -3.12. The third-order valence-electron chi connectivity index (χ3n) is 3.06. The number of carbonyl (C=O) groups is 1. The van der Waals surface area contributed by atoms with Crippen molar-refractivity contribution in [3.63, 3.8) is 0 Å². The van der Waals surface area contributed by atoms with Crippen LogP contribution in [0, 0.1) is 11.3 Å². The molecular weight excluding hydrogens is 356 g/mol. The Balaban J connectivity index is 2.01. The van der Waals surface area contributed by atoms with E-state index in [4.69, 9.17) is 19.5 Å². The number of hydrazone groups is 1. The Morgan fingerprint density at radius 1 is 1.50 bits per heavy atom. The molecule has 2 aromatic rings. The normalized spacial score (nSPS) is 10.3. The molecule has 1 aromatic carbocycles. The summed E-state index contributed by atoms with van der Waals surface area (Å²) >= 11 is 1.33. The van der Waals surface area contributed by atoms with Crippen molar-refractivity contribution in [2.75, 3.05) is 25.7 Å². The van der Waals surface area contributed by atoms with Crippen molar-refractivity contribution in [2.45, 2.75) is 13.3 Å². The third kappa shape index (κ3) is 5.75. The molecule has 1 N–H and O–H groups in total. The summed E-state index contributed by atoms with van der Waals surface area (Å²) in [6.45, 7) is 2.02. The third-order valence-corrected chi connectivity index (χ3v) is 3.86. The van der Waals surface area contributed by atoms with Gasteiger partial charge in [0.2, 0.25) is 5.13 Å². The van der Waals surface area contributed by atoms with Crippen LogP contribution in [0.1, 0.15) is 18.2 Å². The molecule has 0 unspecified atom stereocenters. The molecule has 0 radical (unpaired) electrons. The quantitative estimate of drug-likeness (QED) is 0.408. The van der Waals surface area contributed by atoms with E-state index < -0.39 is 0 Å². The first kappa shape index (κ1) is 19.2. The molecule has 136 valence electrons. The van der Waals surface area contributed by atoms with Gasteiger partial charge in [0.25, 0.3) is 0 Å². The van der Waals surface area contributed by atoms with Crippen molar-refractivity contribution >= 4 is 28.7 Å². The van der Waals surface area contributed by atoms with Crippen molar-refractivity contribution in [1.29, 1.82) is 5.26 Å². The lowest BCUT2D eigenvalue weighted by Gasteiger charge is -2.08. The number of carbonyl (C=O) groups excluding carboxylic acids is 1. The van der Waals surface area contributed by atoms with Gasteiger partial charge in [0.1, 0.15) is 17.6 Å². The van der Waals surface area contributed by atoms with Gasteiger partial charge >= 0.3 is 5.97 Å². The second kappa shape index (κ2) is 10.0. The van der Waals surface area contributed by atoms with Gasteiger partial charge in [-0.1, -0.05) is 0 Å². The van der Waals surface area contributed by atoms with Crippen molar-refractivity contribution < 1.29 is 19.0 Å². The summed E-state index contributed by atoms with van der Waals surface area (Å²) in [5, 5.41) is 15.1. The van der Waals surface area contributed by atoms with Crippen LogP contribution >= 0.6 is 11.3 Å². The van der Waals surface area contributed by atoms with Crippen LogP contribution < -0.4 is 14.9 Å². The van der Waals surface area contributed by atoms with Crippen molar-refractivity contribution in [2.24, 2.45) is 5.10 Å². The number of nitrogens with one attached hydrogen (secondary N) is 1. The van der Waals surface area contributed by atoms with Gasteiger partial charge < -0.3 is 14.2 Å². The fourth-order valence-electron chi connectivity index (χ4n) is 1.94. The minimum absolute atomic E-state index is 0.0782. The van der Waals surface area contributed by atoms with Crippen LogP contribution in [0.2, 0.25) is 0 Å². The molecule has 2 rings (SSSR count). The van der Waals surface area contributed by atoms with Crippen LogP contribution in [0.4, 0.5) is 5.13 Å². The molecule has 9 heteroatoms. The summed E-state index contributed by atoms with van der Waals surface area (Å²) < 4.78 is 15.4. The van der Waals surface area contributed by atoms with Crippen LogP contribution in [0.5, 0.6) is 11.5 Å². The summed E-state index contributed by atoms with van der Waals surface area (Å²) in [5.41, 5.74) is 4.10. The smallest absolute Gasteiger partial charge is 0.311 e. The van der Waals surface area contributed by atoms with Gasteiger partial charge in [0.15, 0.2) is 6.61 Å². The summed E-state index contributed by atoms with van der Waals surface area (Å²) in [6, 6.07) is 7.13. The highest BCUT2D eigenvalue weighted by molar-refractivity contribution is 7.13. The highest BCUT2D eigenvalue weighted by atomic mass is 32.1. The summed E-state index contributed by atoms with van der Waals surface area (Å²) in [6.07, 6.45) is 1.68. The molecule has 0 aliphatic rings. The Morgan fingerprint density at radius 2 is 2.35 bits per heavy atom. The minimum atomic E-state index is -0.314. The van der Waals surface area contributed by atoms with Gasteiger partial charge in [-0.3, -0.25) is 10.2 Å². The highest BCUT2D eigenvalue weighted by Crippen LogP contribution is 2.24. The number of hydrogen-bond acceptors (Lipinski definition) is 9. The summed E-state index contributed by atoms with van der Waals surface area (Å²) in [5.74, 6) is 0.788. The molecule has 0 atom stereocenters. The van der Waals surface area contributed by atoms with Gasteiger partial charge in [-0.2, -0.15) is 10.4 Å². The number of benzene rings is 1. The second-order valence-corrected chi connectivity index (χ2v) is 5.70. The number of methoxy groups -OCH3 is 1. The zero-order valence-electron chi connectivity index (χ0n) is 14.4.